The van der Waals surface area contributed by atoms with Crippen LogP contribution in [-0.2, 0) is 11.3 Å². The fourth-order valence-corrected chi connectivity index (χ4v) is 3.29. The molecule has 1 aromatic carbocycles. The Labute approximate surface area is 136 Å². The highest BCUT2D eigenvalue weighted by atomic mass is 19.1. The Morgan fingerprint density at radius 1 is 1.38 bits per heavy atom. The summed E-state index contributed by atoms with van der Waals surface area (Å²) < 4.78 is 13.8. The van der Waals surface area contributed by atoms with Crippen LogP contribution in [0.2, 0.25) is 0 Å². The smallest absolute Gasteiger partial charge is 0.272 e. The Hall–Kier alpha value is -2.74. The maximum Gasteiger partial charge on any atom is 0.272 e. The van der Waals surface area contributed by atoms with Crippen LogP contribution in [0, 0.1) is 5.82 Å². The van der Waals surface area contributed by atoms with E-state index < -0.39 is 17.3 Å². The number of hydrazone groups is 1. The van der Waals surface area contributed by atoms with Crippen LogP contribution >= 0.6 is 0 Å². The maximum absolute atomic E-state index is 13.8. The maximum atomic E-state index is 13.8. The second-order valence-electron chi connectivity index (χ2n) is 6.74. The van der Waals surface area contributed by atoms with Crippen molar-refractivity contribution in [1.82, 2.24) is 15.3 Å². The number of carbonyl (C=O) groups is 2. The average molecular weight is 329 g/mol. The summed E-state index contributed by atoms with van der Waals surface area (Å²) in [6.45, 7) is 3.81. The fourth-order valence-electron chi connectivity index (χ4n) is 3.29. The summed E-state index contributed by atoms with van der Waals surface area (Å²) in [6, 6.07) is 2.54. The van der Waals surface area contributed by atoms with Gasteiger partial charge in [-0.25, -0.2) is 9.82 Å². The Morgan fingerprint density at radius 3 is 2.83 bits per heavy atom. The van der Waals surface area contributed by atoms with E-state index in [1.807, 2.05) is 0 Å². The van der Waals surface area contributed by atoms with Crippen molar-refractivity contribution in [2.45, 2.75) is 25.9 Å². The highest BCUT2D eigenvalue weighted by Gasteiger charge is 2.36. The molecular weight excluding hydrogens is 313 g/mol. The molecule has 24 heavy (non-hydrogen) atoms. The number of benzene rings is 1. The summed E-state index contributed by atoms with van der Waals surface area (Å²) in [6.07, 6.45) is 0. The predicted molar refractivity (Wildman–Crippen MR) is 85.9 cm³/mol. The molecule has 8 heteroatoms. The monoisotopic (exact) mass is 329 g/mol. The van der Waals surface area contributed by atoms with E-state index in [1.54, 1.807) is 18.7 Å². The Balaban J connectivity index is 1.92. The lowest BCUT2D eigenvalue weighted by Gasteiger charge is -2.32. The molecule has 0 spiro atoms. The molecule has 0 atom stereocenters. The zero-order chi connectivity index (χ0) is 17.2. The minimum atomic E-state index is -1.02. The first kappa shape index (κ1) is 14.8. The predicted octanol–water partition coefficient (Wildman–Crippen LogP) is 0.834. The molecule has 0 saturated carbocycles. The van der Waals surface area contributed by atoms with Gasteiger partial charge in [-0.2, -0.15) is 5.10 Å². The molecule has 0 aliphatic carbocycles. The normalized spacial score (nSPS) is 16.8. The Morgan fingerprint density at radius 2 is 2.12 bits per heavy atom. The zero-order valence-corrected chi connectivity index (χ0v) is 13.2. The number of rotatable bonds is 1. The number of amides is 2. The van der Waals surface area contributed by atoms with Gasteiger partial charge >= 0.3 is 0 Å². The summed E-state index contributed by atoms with van der Waals surface area (Å²) in [5.74, 6) is -1.21. The molecular formula is C16H16FN5O2. The lowest BCUT2D eigenvalue weighted by Crippen LogP contribution is -2.53. The largest absolute Gasteiger partial charge is 0.356 e. The molecule has 0 saturated heterocycles. The number of H-pyrrole nitrogens is 1. The van der Waals surface area contributed by atoms with Crippen molar-refractivity contribution in [3.8, 4) is 0 Å². The highest BCUT2D eigenvalue weighted by Crippen LogP contribution is 2.33. The van der Waals surface area contributed by atoms with Gasteiger partial charge in [0.25, 0.3) is 5.91 Å². The van der Waals surface area contributed by atoms with Crippen molar-refractivity contribution >= 4 is 28.4 Å². The van der Waals surface area contributed by atoms with Gasteiger partial charge in [-0.1, -0.05) is 0 Å². The van der Waals surface area contributed by atoms with E-state index >= 15 is 0 Å². The third-order valence-corrected chi connectivity index (χ3v) is 4.29. The van der Waals surface area contributed by atoms with Gasteiger partial charge in [-0.05, 0) is 26.0 Å². The molecule has 7 nitrogen and oxygen atoms in total. The number of aromatic nitrogens is 1. The van der Waals surface area contributed by atoms with E-state index in [-0.39, 0.29) is 18.0 Å². The number of halogens is 1. The van der Waals surface area contributed by atoms with Crippen LogP contribution in [0.1, 0.15) is 35.5 Å². The number of nitrogens with two attached hydrogens (primary N) is 1. The first-order valence-corrected chi connectivity index (χ1v) is 7.55. The zero-order valence-electron chi connectivity index (χ0n) is 13.2. The molecule has 124 valence electrons. The Bertz CT molecular complexity index is 938. The SMILES string of the molecule is CC(C)(N)C(=O)N1CC2=NNC(=O)c3cc(F)cc4[nH]c(c2c34)C1. The van der Waals surface area contributed by atoms with Crippen LogP contribution in [0.25, 0.3) is 10.9 Å². The van der Waals surface area contributed by atoms with Gasteiger partial charge in [0, 0.05) is 16.6 Å². The second-order valence-corrected chi connectivity index (χ2v) is 6.74. The molecule has 0 radical (unpaired) electrons. The molecule has 0 fully saturated rings. The van der Waals surface area contributed by atoms with Gasteiger partial charge in [0.05, 0.1) is 35.4 Å². The third-order valence-electron chi connectivity index (χ3n) is 4.29. The van der Waals surface area contributed by atoms with Crippen molar-refractivity contribution in [3.05, 3.63) is 34.8 Å². The van der Waals surface area contributed by atoms with E-state index in [2.05, 4.69) is 15.5 Å². The van der Waals surface area contributed by atoms with Gasteiger partial charge in [-0.15, -0.1) is 0 Å². The van der Waals surface area contributed by atoms with Crippen LogP contribution in [-0.4, -0.2) is 39.5 Å². The van der Waals surface area contributed by atoms with E-state index in [0.29, 0.717) is 23.2 Å². The number of aromatic amines is 1. The van der Waals surface area contributed by atoms with Crippen molar-refractivity contribution in [1.29, 1.82) is 0 Å². The third kappa shape index (κ3) is 2.03. The van der Waals surface area contributed by atoms with Gasteiger partial charge in [0.1, 0.15) is 5.82 Å². The van der Waals surface area contributed by atoms with Crippen LogP contribution in [0.3, 0.4) is 0 Å². The van der Waals surface area contributed by atoms with E-state index in [9.17, 15) is 14.0 Å². The number of hydrogen-bond donors (Lipinski definition) is 3. The van der Waals surface area contributed by atoms with E-state index in [0.717, 1.165) is 11.3 Å². The van der Waals surface area contributed by atoms with Crippen LogP contribution in [0.15, 0.2) is 17.2 Å². The van der Waals surface area contributed by atoms with Gasteiger partial charge < -0.3 is 15.6 Å². The van der Waals surface area contributed by atoms with E-state index in [1.165, 1.54) is 12.1 Å². The first-order chi connectivity index (χ1) is 11.3. The molecule has 3 heterocycles. The molecule has 2 aromatic rings. The number of hydrogen-bond acceptors (Lipinski definition) is 4. The van der Waals surface area contributed by atoms with Crippen molar-refractivity contribution in [3.63, 3.8) is 0 Å². The van der Waals surface area contributed by atoms with Crippen molar-refractivity contribution in [2.24, 2.45) is 10.8 Å². The summed E-state index contributed by atoms with van der Waals surface area (Å²) in [4.78, 5) is 29.4. The average Bonchev–Trinajstić information content (AvgIpc) is 2.80. The fraction of sp³-hybridized carbons (Fsp3) is 0.312. The number of carbonyl (C=O) groups excluding carboxylic acids is 2. The molecule has 2 aliphatic heterocycles. The standard InChI is InChI=1S/C16H16FN5O2/c1-16(2,18)15(24)22-5-10-13-11(6-22)20-21-14(23)8-3-7(17)4-9(19-10)12(8)13/h3-4,19H,5-6,18H2,1-2H3,(H,21,23). The van der Waals surface area contributed by atoms with Gasteiger partial charge in [0.15, 0.2) is 0 Å². The molecule has 1 aromatic heterocycles. The summed E-state index contributed by atoms with van der Waals surface area (Å²) in [5, 5.41) is 4.77. The molecule has 4 N–H and O–H groups in total. The van der Waals surface area contributed by atoms with E-state index in [4.69, 9.17) is 5.73 Å². The summed E-state index contributed by atoms with van der Waals surface area (Å²) >= 11 is 0. The minimum absolute atomic E-state index is 0.225. The minimum Gasteiger partial charge on any atom is -0.356 e. The molecule has 2 amide bonds. The molecule has 0 bridgehead atoms. The molecule has 0 unspecified atom stereocenters. The van der Waals surface area contributed by atoms with Gasteiger partial charge in [0.2, 0.25) is 5.91 Å². The molecule has 4 rings (SSSR count). The number of nitrogens with one attached hydrogen (secondary N) is 2. The van der Waals surface area contributed by atoms with Crippen LogP contribution in [0.4, 0.5) is 4.39 Å². The Kier molecular flexibility index (Phi) is 2.86. The van der Waals surface area contributed by atoms with Gasteiger partial charge in [-0.3, -0.25) is 9.59 Å². The molecule has 2 aliphatic rings. The quantitative estimate of drug-likeness (QED) is 0.722. The summed E-state index contributed by atoms with van der Waals surface area (Å²) in [5.41, 5.74) is 10.1. The topological polar surface area (TPSA) is 104 Å². The lowest BCUT2D eigenvalue weighted by molar-refractivity contribution is -0.135. The van der Waals surface area contributed by atoms with Crippen molar-refractivity contribution in [2.75, 3.05) is 6.54 Å². The second kappa shape index (κ2) is 4.64. The summed E-state index contributed by atoms with van der Waals surface area (Å²) in [7, 11) is 0. The number of nitrogens with zero attached hydrogens (tertiary/aromatic N) is 2. The van der Waals surface area contributed by atoms with Crippen LogP contribution in [0.5, 0.6) is 0 Å². The lowest BCUT2D eigenvalue weighted by atomic mass is 9.96. The van der Waals surface area contributed by atoms with Crippen molar-refractivity contribution < 1.29 is 14.0 Å². The van der Waals surface area contributed by atoms with Crippen LogP contribution < -0.4 is 11.2 Å². The first-order valence-electron chi connectivity index (χ1n) is 7.55. The highest BCUT2D eigenvalue weighted by molar-refractivity contribution is 6.21.